The van der Waals surface area contributed by atoms with Crippen molar-refractivity contribution in [3.63, 3.8) is 0 Å². The van der Waals surface area contributed by atoms with Gasteiger partial charge in [-0.15, -0.1) is 0 Å². The summed E-state index contributed by atoms with van der Waals surface area (Å²) in [6.45, 7) is 4.23. The van der Waals surface area contributed by atoms with Crippen molar-refractivity contribution in [1.29, 1.82) is 0 Å². The lowest BCUT2D eigenvalue weighted by Crippen LogP contribution is -2.48. The molecule has 148 valence electrons. The van der Waals surface area contributed by atoms with Crippen LogP contribution in [0.2, 0.25) is 0 Å². The van der Waals surface area contributed by atoms with Gasteiger partial charge in [0.25, 0.3) is 0 Å². The Labute approximate surface area is 164 Å². The van der Waals surface area contributed by atoms with E-state index in [2.05, 4.69) is 25.8 Å². The van der Waals surface area contributed by atoms with Crippen molar-refractivity contribution < 1.29 is 14.3 Å². The highest BCUT2D eigenvalue weighted by molar-refractivity contribution is 5.95. The second-order valence-electron chi connectivity index (χ2n) is 7.44. The SMILES string of the molecule is COC(=O)C1=CN(C)C(=O)C2C(CN3CCN(c4ncccn4)CC3)=CCC12. The number of amides is 1. The number of methoxy groups -OCH3 is 1. The summed E-state index contributed by atoms with van der Waals surface area (Å²) in [7, 11) is 3.09. The number of carbonyl (C=O) groups is 2. The van der Waals surface area contributed by atoms with Gasteiger partial charge in [0.1, 0.15) is 0 Å². The maximum Gasteiger partial charge on any atom is 0.335 e. The van der Waals surface area contributed by atoms with Gasteiger partial charge >= 0.3 is 5.97 Å². The minimum absolute atomic E-state index is 0.0534. The van der Waals surface area contributed by atoms with Crippen LogP contribution in [0, 0.1) is 11.8 Å². The predicted molar refractivity (Wildman–Crippen MR) is 103 cm³/mol. The van der Waals surface area contributed by atoms with Gasteiger partial charge in [-0.1, -0.05) is 6.08 Å². The van der Waals surface area contributed by atoms with Crippen LogP contribution in [-0.2, 0) is 14.3 Å². The van der Waals surface area contributed by atoms with Crippen LogP contribution >= 0.6 is 0 Å². The van der Waals surface area contributed by atoms with E-state index in [9.17, 15) is 9.59 Å². The molecule has 0 aromatic carbocycles. The second-order valence-corrected chi connectivity index (χ2v) is 7.44. The molecule has 2 unspecified atom stereocenters. The number of piperazine rings is 1. The third-order valence-electron chi connectivity index (χ3n) is 5.82. The van der Waals surface area contributed by atoms with Crippen LogP contribution in [0.1, 0.15) is 6.42 Å². The Kier molecular flexibility index (Phi) is 5.13. The molecule has 1 amide bonds. The molecule has 4 rings (SSSR count). The molecule has 0 saturated carbocycles. The van der Waals surface area contributed by atoms with E-state index in [1.165, 1.54) is 12.0 Å². The third kappa shape index (κ3) is 3.40. The lowest BCUT2D eigenvalue weighted by Gasteiger charge is -2.37. The molecule has 0 radical (unpaired) electrons. The number of esters is 1. The number of hydrogen-bond acceptors (Lipinski definition) is 7. The zero-order valence-corrected chi connectivity index (χ0v) is 16.2. The number of nitrogens with zero attached hydrogens (tertiary/aromatic N) is 5. The zero-order valence-electron chi connectivity index (χ0n) is 16.2. The average Bonchev–Trinajstić information content (AvgIpc) is 3.15. The summed E-state index contributed by atoms with van der Waals surface area (Å²) < 4.78 is 4.92. The van der Waals surface area contributed by atoms with Crippen LogP contribution < -0.4 is 4.90 Å². The number of hydrogen-bond donors (Lipinski definition) is 0. The quantitative estimate of drug-likeness (QED) is 0.559. The molecule has 0 N–H and O–H groups in total. The Morgan fingerprint density at radius 1 is 1.21 bits per heavy atom. The van der Waals surface area contributed by atoms with Crippen molar-refractivity contribution in [2.45, 2.75) is 6.42 Å². The molecule has 1 aliphatic carbocycles. The molecule has 1 aromatic heterocycles. The molecule has 3 heterocycles. The van der Waals surface area contributed by atoms with E-state index in [0.717, 1.165) is 44.2 Å². The Morgan fingerprint density at radius 2 is 1.93 bits per heavy atom. The lowest BCUT2D eigenvalue weighted by atomic mass is 9.82. The minimum atomic E-state index is -0.347. The highest BCUT2D eigenvalue weighted by atomic mass is 16.5. The summed E-state index contributed by atoms with van der Waals surface area (Å²) in [6.07, 6.45) is 7.99. The molecule has 8 heteroatoms. The highest BCUT2D eigenvalue weighted by Gasteiger charge is 2.44. The summed E-state index contributed by atoms with van der Waals surface area (Å²) >= 11 is 0. The van der Waals surface area contributed by atoms with Gasteiger partial charge in [-0.25, -0.2) is 14.8 Å². The van der Waals surface area contributed by atoms with Gasteiger partial charge in [-0.3, -0.25) is 9.69 Å². The first kappa shape index (κ1) is 18.6. The minimum Gasteiger partial charge on any atom is -0.466 e. The van der Waals surface area contributed by atoms with Crippen molar-refractivity contribution in [3.8, 4) is 0 Å². The summed E-state index contributed by atoms with van der Waals surface area (Å²) in [4.78, 5) is 39.7. The number of aromatic nitrogens is 2. The van der Waals surface area contributed by atoms with E-state index in [-0.39, 0.29) is 23.7 Å². The fraction of sp³-hybridized carbons (Fsp3) is 0.500. The van der Waals surface area contributed by atoms with Crippen molar-refractivity contribution in [2.24, 2.45) is 11.8 Å². The van der Waals surface area contributed by atoms with Gasteiger partial charge in [-0.05, 0) is 18.1 Å². The number of fused-ring (bicyclic) bond motifs is 1. The first-order valence-corrected chi connectivity index (χ1v) is 9.58. The fourth-order valence-electron chi connectivity index (χ4n) is 4.33. The fourth-order valence-corrected chi connectivity index (χ4v) is 4.33. The topological polar surface area (TPSA) is 78.9 Å². The van der Waals surface area contributed by atoms with Crippen LogP contribution in [0.3, 0.4) is 0 Å². The molecular weight excluding hydrogens is 358 g/mol. The molecule has 8 nitrogen and oxygen atoms in total. The molecule has 1 saturated heterocycles. The van der Waals surface area contributed by atoms with E-state index < -0.39 is 0 Å². The van der Waals surface area contributed by atoms with Crippen molar-refractivity contribution in [3.05, 3.63) is 41.9 Å². The molecule has 28 heavy (non-hydrogen) atoms. The van der Waals surface area contributed by atoms with Crippen LogP contribution in [0.5, 0.6) is 0 Å². The molecule has 3 aliphatic rings. The van der Waals surface area contributed by atoms with Crippen molar-refractivity contribution in [2.75, 3.05) is 51.8 Å². The predicted octanol–water partition coefficient (Wildman–Crippen LogP) is 0.690. The monoisotopic (exact) mass is 383 g/mol. The second kappa shape index (κ2) is 7.71. The van der Waals surface area contributed by atoms with Crippen molar-refractivity contribution >= 4 is 17.8 Å². The Bertz CT molecular complexity index is 814. The summed E-state index contributed by atoms with van der Waals surface area (Å²) in [5, 5.41) is 0. The summed E-state index contributed by atoms with van der Waals surface area (Å²) in [5.74, 6) is 0.0992. The van der Waals surface area contributed by atoms with Crippen LogP contribution in [-0.4, -0.2) is 78.5 Å². The van der Waals surface area contributed by atoms with E-state index >= 15 is 0 Å². The number of anilines is 1. The van der Waals surface area contributed by atoms with E-state index in [1.807, 2.05) is 6.07 Å². The van der Waals surface area contributed by atoms with Crippen LogP contribution in [0.4, 0.5) is 5.95 Å². The largest absolute Gasteiger partial charge is 0.466 e. The lowest BCUT2D eigenvalue weighted by molar-refractivity contribution is -0.138. The number of rotatable bonds is 4. The maximum absolute atomic E-state index is 12.8. The Balaban J connectivity index is 1.41. The summed E-state index contributed by atoms with van der Waals surface area (Å²) in [5.41, 5.74) is 1.70. The summed E-state index contributed by atoms with van der Waals surface area (Å²) in [6, 6.07) is 1.82. The van der Waals surface area contributed by atoms with Gasteiger partial charge in [-0.2, -0.15) is 0 Å². The van der Waals surface area contributed by atoms with Crippen LogP contribution in [0.25, 0.3) is 0 Å². The number of ether oxygens (including phenoxy) is 1. The third-order valence-corrected chi connectivity index (χ3v) is 5.82. The Morgan fingerprint density at radius 3 is 2.61 bits per heavy atom. The highest BCUT2D eigenvalue weighted by Crippen LogP contribution is 2.41. The smallest absolute Gasteiger partial charge is 0.335 e. The molecule has 0 bridgehead atoms. The van der Waals surface area contributed by atoms with Gasteiger partial charge < -0.3 is 14.5 Å². The maximum atomic E-state index is 12.8. The first-order valence-electron chi connectivity index (χ1n) is 9.58. The van der Waals surface area contributed by atoms with Gasteiger partial charge in [0.15, 0.2) is 0 Å². The average molecular weight is 383 g/mol. The van der Waals surface area contributed by atoms with Gasteiger partial charge in [0.2, 0.25) is 11.9 Å². The molecule has 1 fully saturated rings. The number of allylic oxidation sites excluding steroid dienone is 1. The van der Waals surface area contributed by atoms with Gasteiger partial charge in [0.05, 0.1) is 18.6 Å². The standard InChI is InChI=1S/C20H25N5O3/c1-23-13-16(19(27)28-2)15-5-4-14(17(15)18(23)26)12-24-8-10-25(11-9-24)20-21-6-3-7-22-20/h3-4,6-7,13,15,17H,5,8-12H2,1-2H3. The van der Waals surface area contributed by atoms with Crippen molar-refractivity contribution in [1.82, 2.24) is 19.8 Å². The molecule has 2 aliphatic heterocycles. The molecule has 0 spiro atoms. The van der Waals surface area contributed by atoms with E-state index in [4.69, 9.17) is 4.74 Å². The molecule has 1 aromatic rings. The zero-order chi connectivity index (χ0) is 19.7. The van der Waals surface area contributed by atoms with E-state index in [1.54, 1.807) is 25.6 Å². The Hall–Kier alpha value is -2.74. The first-order chi connectivity index (χ1) is 13.6. The van der Waals surface area contributed by atoms with Crippen LogP contribution in [0.15, 0.2) is 41.9 Å². The number of carbonyl (C=O) groups excluding carboxylic acids is 2. The molecule has 2 atom stereocenters. The van der Waals surface area contributed by atoms with Gasteiger partial charge in [0, 0.05) is 64.3 Å². The molecular formula is C20H25N5O3. The normalized spacial score (nSPS) is 25.3. The van der Waals surface area contributed by atoms with E-state index in [0.29, 0.717) is 12.0 Å².